The summed E-state index contributed by atoms with van der Waals surface area (Å²) < 4.78 is 0. The molecule has 0 saturated carbocycles. The van der Waals surface area contributed by atoms with Gasteiger partial charge in [-0.2, -0.15) is 0 Å². The minimum Gasteiger partial charge on any atom is -0.480 e. The van der Waals surface area contributed by atoms with Gasteiger partial charge in [0.2, 0.25) is 0 Å². The minimum absolute atomic E-state index is 0.413. The molecule has 3 N–H and O–H groups in total. The molecule has 0 saturated heterocycles. The molecule has 0 aliphatic rings. The topological polar surface area (TPSA) is 61.4 Å². The SMILES string of the molecule is CNC(CNP)C(=O)O. The predicted octanol–water partition coefficient (Wildman–Crippen LogP) is -0.961. The highest BCUT2D eigenvalue weighted by atomic mass is 31.0. The maximum Gasteiger partial charge on any atom is 0.322 e. The highest BCUT2D eigenvalue weighted by Crippen LogP contribution is 1.80. The van der Waals surface area contributed by atoms with E-state index in [1.54, 1.807) is 7.05 Å². The molecule has 0 rings (SSSR count). The van der Waals surface area contributed by atoms with Gasteiger partial charge >= 0.3 is 5.97 Å². The molecule has 2 atom stereocenters. The number of rotatable bonds is 4. The maximum absolute atomic E-state index is 10.2. The lowest BCUT2D eigenvalue weighted by Crippen LogP contribution is -2.40. The number of carboxylic acids is 1. The zero-order chi connectivity index (χ0) is 7.28. The van der Waals surface area contributed by atoms with Crippen LogP contribution in [0.1, 0.15) is 0 Å². The quantitative estimate of drug-likeness (QED) is 0.452. The molecule has 0 radical (unpaired) electrons. The van der Waals surface area contributed by atoms with Crippen LogP contribution in [0.4, 0.5) is 0 Å². The van der Waals surface area contributed by atoms with Crippen LogP contribution >= 0.6 is 9.39 Å². The zero-order valence-corrected chi connectivity index (χ0v) is 6.37. The van der Waals surface area contributed by atoms with E-state index in [2.05, 4.69) is 19.8 Å². The third-order valence-electron chi connectivity index (χ3n) is 0.969. The van der Waals surface area contributed by atoms with E-state index in [1.807, 2.05) is 0 Å². The second-order valence-electron chi connectivity index (χ2n) is 1.59. The first-order valence-corrected chi connectivity index (χ1v) is 3.13. The molecular weight excluding hydrogens is 139 g/mol. The lowest BCUT2D eigenvalue weighted by molar-refractivity contribution is -0.139. The van der Waals surface area contributed by atoms with E-state index in [9.17, 15) is 4.79 Å². The number of carboxylic acid groups (broad SMARTS) is 1. The molecule has 0 fully saturated rings. The number of aliphatic carboxylic acids is 1. The first-order valence-electron chi connectivity index (χ1n) is 2.56. The monoisotopic (exact) mass is 150 g/mol. The average Bonchev–Trinajstić information content (AvgIpc) is 1.82. The van der Waals surface area contributed by atoms with Gasteiger partial charge in [-0.3, -0.25) is 9.88 Å². The summed E-state index contributed by atoms with van der Waals surface area (Å²) in [5, 5.41) is 13.7. The van der Waals surface area contributed by atoms with Gasteiger partial charge in [0.15, 0.2) is 0 Å². The highest BCUT2D eigenvalue weighted by Gasteiger charge is 2.11. The zero-order valence-electron chi connectivity index (χ0n) is 5.22. The molecule has 54 valence electrons. The number of hydrogen-bond acceptors (Lipinski definition) is 3. The summed E-state index contributed by atoms with van der Waals surface area (Å²) >= 11 is 0. The molecule has 2 unspecified atom stereocenters. The van der Waals surface area contributed by atoms with Gasteiger partial charge in [-0.15, -0.1) is 0 Å². The standard InChI is InChI=1S/C4H11N2O2P/c1-5-3(2-6-9)4(7)8/h3,5-6H,2,9H2,1H3,(H,7,8). The Bertz CT molecular complexity index is 98.6. The van der Waals surface area contributed by atoms with E-state index in [-0.39, 0.29) is 0 Å². The Morgan fingerprint density at radius 2 is 2.44 bits per heavy atom. The van der Waals surface area contributed by atoms with Crippen LogP contribution in [-0.4, -0.2) is 30.7 Å². The van der Waals surface area contributed by atoms with Crippen molar-refractivity contribution in [2.75, 3.05) is 13.6 Å². The van der Waals surface area contributed by atoms with E-state index < -0.39 is 12.0 Å². The van der Waals surface area contributed by atoms with Gasteiger partial charge in [-0.25, -0.2) is 0 Å². The Morgan fingerprint density at radius 1 is 1.89 bits per heavy atom. The predicted molar refractivity (Wildman–Crippen MR) is 38.2 cm³/mol. The van der Waals surface area contributed by atoms with Crippen molar-refractivity contribution in [3.63, 3.8) is 0 Å². The molecule has 0 aromatic carbocycles. The van der Waals surface area contributed by atoms with Gasteiger partial charge in [0.1, 0.15) is 6.04 Å². The van der Waals surface area contributed by atoms with E-state index >= 15 is 0 Å². The largest absolute Gasteiger partial charge is 0.480 e. The Kier molecular flexibility index (Phi) is 4.58. The number of likely N-dealkylation sites (N-methyl/N-ethyl adjacent to an activating group) is 1. The van der Waals surface area contributed by atoms with Crippen molar-refractivity contribution in [2.45, 2.75) is 6.04 Å². The summed E-state index contributed by atoms with van der Waals surface area (Å²) in [7, 11) is 3.86. The van der Waals surface area contributed by atoms with Crippen molar-refractivity contribution < 1.29 is 9.90 Å². The molecule has 0 bridgehead atoms. The third-order valence-corrected chi connectivity index (χ3v) is 1.20. The molecule has 0 aliphatic carbocycles. The maximum atomic E-state index is 10.2. The second kappa shape index (κ2) is 4.68. The summed E-state index contributed by atoms with van der Waals surface area (Å²) in [5.74, 6) is -0.840. The fourth-order valence-electron chi connectivity index (χ4n) is 0.431. The van der Waals surface area contributed by atoms with Crippen LogP contribution in [-0.2, 0) is 4.79 Å². The summed E-state index contributed by atoms with van der Waals surface area (Å²) in [6, 6.07) is -0.498. The Hall–Kier alpha value is -0.180. The van der Waals surface area contributed by atoms with Crippen LogP contribution in [0.3, 0.4) is 0 Å². The first-order chi connectivity index (χ1) is 4.22. The van der Waals surface area contributed by atoms with Crippen LogP contribution in [0.15, 0.2) is 0 Å². The fourth-order valence-corrected chi connectivity index (χ4v) is 0.666. The lowest BCUT2D eigenvalue weighted by atomic mass is 10.3. The van der Waals surface area contributed by atoms with E-state index in [1.165, 1.54) is 0 Å². The fraction of sp³-hybridized carbons (Fsp3) is 0.750. The molecule has 4 nitrogen and oxygen atoms in total. The Balaban J connectivity index is 3.54. The van der Waals surface area contributed by atoms with Gasteiger partial charge < -0.3 is 10.4 Å². The average molecular weight is 150 g/mol. The van der Waals surface area contributed by atoms with E-state index in [0.717, 1.165) is 0 Å². The summed E-state index contributed by atoms with van der Waals surface area (Å²) in [6.07, 6.45) is 0. The van der Waals surface area contributed by atoms with Crippen LogP contribution in [0, 0.1) is 0 Å². The van der Waals surface area contributed by atoms with Gasteiger partial charge in [-0.05, 0) is 7.05 Å². The summed E-state index contributed by atoms with van der Waals surface area (Å²) in [5.41, 5.74) is 0. The van der Waals surface area contributed by atoms with Crippen molar-refractivity contribution in [2.24, 2.45) is 0 Å². The molecule has 5 heteroatoms. The molecule has 0 aliphatic heterocycles. The summed E-state index contributed by atoms with van der Waals surface area (Å²) in [4.78, 5) is 10.2. The lowest BCUT2D eigenvalue weighted by Gasteiger charge is -2.08. The van der Waals surface area contributed by atoms with Gasteiger partial charge in [-0.1, -0.05) is 9.39 Å². The molecule has 0 spiro atoms. The first kappa shape index (κ1) is 8.82. The minimum atomic E-state index is -0.840. The number of nitrogens with one attached hydrogen (secondary N) is 2. The van der Waals surface area contributed by atoms with Crippen LogP contribution in [0.5, 0.6) is 0 Å². The normalized spacial score (nSPS) is 13.1. The third kappa shape index (κ3) is 3.40. The molecule has 9 heavy (non-hydrogen) atoms. The van der Waals surface area contributed by atoms with Gasteiger partial charge in [0, 0.05) is 6.54 Å². The van der Waals surface area contributed by atoms with Crippen LogP contribution in [0.2, 0.25) is 0 Å². The highest BCUT2D eigenvalue weighted by molar-refractivity contribution is 7.13. The van der Waals surface area contributed by atoms with Crippen LogP contribution < -0.4 is 10.4 Å². The number of hydrogen-bond donors (Lipinski definition) is 3. The van der Waals surface area contributed by atoms with Gasteiger partial charge in [0.25, 0.3) is 0 Å². The van der Waals surface area contributed by atoms with E-state index in [0.29, 0.717) is 6.54 Å². The second-order valence-corrected chi connectivity index (χ2v) is 2.00. The van der Waals surface area contributed by atoms with Crippen LogP contribution in [0.25, 0.3) is 0 Å². The molecule has 0 aromatic rings. The van der Waals surface area contributed by atoms with Crippen molar-refractivity contribution in [1.82, 2.24) is 10.4 Å². The van der Waals surface area contributed by atoms with Crippen molar-refractivity contribution in [3.05, 3.63) is 0 Å². The molecule has 0 aromatic heterocycles. The van der Waals surface area contributed by atoms with Crippen molar-refractivity contribution >= 4 is 15.4 Å². The number of carbonyl (C=O) groups is 1. The smallest absolute Gasteiger partial charge is 0.322 e. The Labute approximate surface area is 56.3 Å². The van der Waals surface area contributed by atoms with Crippen molar-refractivity contribution in [3.8, 4) is 0 Å². The molecule has 0 amide bonds. The van der Waals surface area contributed by atoms with E-state index in [4.69, 9.17) is 5.11 Å². The Morgan fingerprint density at radius 3 is 2.56 bits per heavy atom. The van der Waals surface area contributed by atoms with Crippen molar-refractivity contribution in [1.29, 1.82) is 0 Å². The van der Waals surface area contributed by atoms with Gasteiger partial charge in [0.05, 0.1) is 0 Å². The summed E-state index contributed by atoms with van der Waals surface area (Å²) in [6.45, 7) is 0.413. The molecule has 0 heterocycles. The molecular formula is C4H11N2O2P.